The SMILES string of the molecule is CCOC(=O)C1CCCN(C(=O)c2nnc(N3CCCCC3)c3ccccc23)C1. The largest absolute Gasteiger partial charge is 0.466 e. The molecular weight excluding hydrogens is 368 g/mol. The molecule has 0 radical (unpaired) electrons. The second-order valence-electron chi connectivity index (χ2n) is 7.81. The van der Waals surface area contributed by atoms with Crippen LogP contribution in [-0.4, -0.2) is 59.8 Å². The van der Waals surface area contributed by atoms with E-state index in [1.54, 1.807) is 11.8 Å². The number of aromatic nitrogens is 2. The average Bonchev–Trinajstić information content (AvgIpc) is 2.79. The van der Waals surface area contributed by atoms with Gasteiger partial charge in [0, 0.05) is 37.0 Å². The van der Waals surface area contributed by atoms with Gasteiger partial charge in [0.1, 0.15) is 0 Å². The van der Waals surface area contributed by atoms with Gasteiger partial charge in [-0.2, -0.15) is 0 Å². The molecule has 154 valence electrons. The number of nitrogens with zero attached hydrogens (tertiary/aromatic N) is 4. The third-order valence-corrected chi connectivity index (χ3v) is 5.85. The van der Waals surface area contributed by atoms with Gasteiger partial charge in [-0.1, -0.05) is 24.3 Å². The van der Waals surface area contributed by atoms with Crippen molar-refractivity contribution >= 4 is 28.5 Å². The van der Waals surface area contributed by atoms with Crippen molar-refractivity contribution in [3.63, 3.8) is 0 Å². The predicted octanol–water partition coefficient (Wildman–Crippen LogP) is 3.04. The van der Waals surface area contributed by atoms with Crippen LogP contribution in [0.15, 0.2) is 24.3 Å². The first kappa shape index (κ1) is 19.6. The molecule has 1 amide bonds. The summed E-state index contributed by atoms with van der Waals surface area (Å²) in [5.41, 5.74) is 0.367. The maximum atomic E-state index is 13.3. The molecule has 0 bridgehead atoms. The van der Waals surface area contributed by atoms with E-state index in [0.29, 0.717) is 25.4 Å². The first-order valence-electron chi connectivity index (χ1n) is 10.7. The zero-order chi connectivity index (χ0) is 20.2. The Morgan fingerprint density at radius 2 is 1.79 bits per heavy atom. The first-order chi connectivity index (χ1) is 14.2. The minimum Gasteiger partial charge on any atom is -0.466 e. The lowest BCUT2D eigenvalue weighted by molar-refractivity contribution is -0.149. The van der Waals surface area contributed by atoms with Crippen molar-refractivity contribution in [2.45, 2.75) is 39.0 Å². The van der Waals surface area contributed by atoms with E-state index in [2.05, 4.69) is 15.1 Å². The molecule has 2 fully saturated rings. The second-order valence-corrected chi connectivity index (χ2v) is 7.81. The lowest BCUT2D eigenvalue weighted by atomic mass is 9.97. The summed E-state index contributed by atoms with van der Waals surface area (Å²) in [5.74, 6) is 0.216. The predicted molar refractivity (Wildman–Crippen MR) is 111 cm³/mol. The Hall–Kier alpha value is -2.70. The van der Waals surface area contributed by atoms with Gasteiger partial charge in [-0.3, -0.25) is 9.59 Å². The molecule has 2 aliphatic rings. The zero-order valence-corrected chi connectivity index (χ0v) is 17.0. The first-order valence-corrected chi connectivity index (χ1v) is 10.7. The number of likely N-dealkylation sites (tertiary alicyclic amines) is 1. The van der Waals surface area contributed by atoms with Crippen LogP contribution in [0.5, 0.6) is 0 Å². The third-order valence-electron chi connectivity index (χ3n) is 5.85. The van der Waals surface area contributed by atoms with Crippen LogP contribution in [0.3, 0.4) is 0 Å². The number of carbonyl (C=O) groups excluding carboxylic acids is 2. The topological polar surface area (TPSA) is 75.6 Å². The van der Waals surface area contributed by atoms with Gasteiger partial charge in [-0.05, 0) is 39.0 Å². The highest BCUT2D eigenvalue weighted by molar-refractivity contribution is 6.07. The summed E-state index contributed by atoms with van der Waals surface area (Å²) in [6, 6.07) is 7.86. The number of fused-ring (bicyclic) bond motifs is 1. The normalized spacial score (nSPS) is 20.0. The molecule has 3 heterocycles. The van der Waals surface area contributed by atoms with Crippen LogP contribution < -0.4 is 4.90 Å². The number of hydrogen-bond acceptors (Lipinski definition) is 6. The van der Waals surface area contributed by atoms with Crippen LogP contribution in [0.1, 0.15) is 49.5 Å². The number of esters is 1. The maximum Gasteiger partial charge on any atom is 0.310 e. The number of ether oxygens (including phenoxy) is 1. The number of amides is 1. The summed E-state index contributed by atoms with van der Waals surface area (Å²) >= 11 is 0. The fraction of sp³-hybridized carbons (Fsp3) is 0.545. The zero-order valence-electron chi connectivity index (χ0n) is 17.0. The highest BCUT2D eigenvalue weighted by Gasteiger charge is 2.31. The lowest BCUT2D eigenvalue weighted by Gasteiger charge is -2.32. The van der Waals surface area contributed by atoms with Gasteiger partial charge in [-0.15, -0.1) is 10.2 Å². The molecule has 2 aliphatic heterocycles. The highest BCUT2D eigenvalue weighted by atomic mass is 16.5. The molecule has 0 aliphatic carbocycles. The van der Waals surface area contributed by atoms with Crippen molar-refractivity contribution in [3.8, 4) is 0 Å². The van der Waals surface area contributed by atoms with Crippen LogP contribution in [0.25, 0.3) is 10.8 Å². The van der Waals surface area contributed by atoms with E-state index >= 15 is 0 Å². The minimum absolute atomic E-state index is 0.159. The van der Waals surface area contributed by atoms with Crippen molar-refractivity contribution in [2.24, 2.45) is 5.92 Å². The Kier molecular flexibility index (Phi) is 5.92. The van der Waals surface area contributed by atoms with E-state index in [9.17, 15) is 9.59 Å². The molecule has 1 unspecified atom stereocenters. The molecule has 7 nitrogen and oxygen atoms in total. The Balaban J connectivity index is 1.62. The van der Waals surface area contributed by atoms with E-state index in [0.717, 1.165) is 55.4 Å². The van der Waals surface area contributed by atoms with Crippen LogP contribution >= 0.6 is 0 Å². The standard InChI is InChI=1S/C22H28N4O3/c1-2-29-22(28)16-9-8-14-26(15-16)21(27)19-17-10-4-5-11-18(17)20(24-23-19)25-12-6-3-7-13-25/h4-5,10-11,16H,2-3,6-9,12-15H2,1H3. The van der Waals surface area contributed by atoms with E-state index in [-0.39, 0.29) is 17.8 Å². The van der Waals surface area contributed by atoms with Gasteiger partial charge in [0.15, 0.2) is 11.5 Å². The van der Waals surface area contributed by atoms with Crippen molar-refractivity contribution in [1.29, 1.82) is 0 Å². The van der Waals surface area contributed by atoms with Gasteiger partial charge < -0.3 is 14.5 Å². The van der Waals surface area contributed by atoms with E-state index in [4.69, 9.17) is 4.74 Å². The van der Waals surface area contributed by atoms with Crippen LogP contribution in [-0.2, 0) is 9.53 Å². The quantitative estimate of drug-likeness (QED) is 0.740. The summed E-state index contributed by atoms with van der Waals surface area (Å²) in [4.78, 5) is 29.4. The molecule has 7 heteroatoms. The fourth-order valence-electron chi connectivity index (χ4n) is 4.35. The molecule has 29 heavy (non-hydrogen) atoms. The van der Waals surface area contributed by atoms with Gasteiger partial charge in [0.25, 0.3) is 5.91 Å². The summed E-state index contributed by atoms with van der Waals surface area (Å²) in [5, 5.41) is 10.6. The highest BCUT2D eigenvalue weighted by Crippen LogP contribution is 2.29. The van der Waals surface area contributed by atoms with E-state index in [1.807, 2.05) is 24.3 Å². The molecule has 4 rings (SSSR count). The number of hydrogen-bond donors (Lipinski definition) is 0. The van der Waals surface area contributed by atoms with Crippen molar-refractivity contribution in [3.05, 3.63) is 30.0 Å². The third kappa shape index (κ3) is 4.04. The molecule has 0 N–H and O–H groups in total. The molecule has 2 saturated heterocycles. The minimum atomic E-state index is -0.264. The molecule has 0 spiro atoms. The van der Waals surface area contributed by atoms with Gasteiger partial charge in [-0.25, -0.2) is 0 Å². The number of anilines is 1. The van der Waals surface area contributed by atoms with Crippen molar-refractivity contribution < 1.29 is 14.3 Å². The molecule has 1 atom stereocenters. The Morgan fingerprint density at radius 3 is 2.55 bits per heavy atom. The summed E-state index contributed by atoms with van der Waals surface area (Å²) in [6.07, 6.45) is 5.09. The van der Waals surface area contributed by atoms with Crippen LogP contribution in [0.2, 0.25) is 0 Å². The van der Waals surface area contributed by atoms with Crippen molar-refractivity contribution in [1.82, 2.24) is 15.1 Å². The summed E-state index contributed by atoms with van der Waals surface area (Å²) in [6.45, 7) is 5.10. The smallest absolute Gasteiger partial charge is 0.310 e. The lowest BCUT2D eigenvalue weighted by Crippen LogP contribution is -2.43. The molecule has 2 aromatic rings. The van der Waals surface area contributed by atoms with Crippen LogP contribution in [0, 0.1) is 5.92 Å². The van der Waals surface area contributed by atoms with E-state index < -0.39 is 0 Å². The Labute approximate surface area is 171 Å². The molecule has 1 aromatic heterocycles. The number of rotatable bonds is 4. The fourth-order valence-corrected chi connectivity index (χ4v) is 4.35. The number of carbonyl (C=O) groups is 2. The van der Waals surface area contributed by atoms with E-state index in [1.165, 1.54) is 6.42 Å². The second kappa shape index (κ2) is 8.76. The summed E-state index contributed by atoms with van der Waals surface area (Å²) < 4.78 is 5.16. The van der Waals surface area contributed by atoms with Gasteiger partial charge in [0.2, 0.25) is 0 Å². The molecular formula is C22H28N4O3. The molecule has 0 saturated carbocycles. The number of benzene rings is 1. The summed E-state index contributed by atoms with van der Waals surface area (Å²) in [7, 11) is 0. The molecule has 1 aromatic carbocycles. The monoisotopic (exact) mass is 396 g/mol. The number of piperidine rings is 2. The Bertz CT molecular complexity index is 895. The van der Waals surface area contributed by atoms with Crippen molar-refractivity contribution in [2.75, 3.05) is 37.7 Å². The van der Waals surface area contributed by atoms with Crippen LogP contribution in [0.4, 0.5) is 5.82 Å². The Morgan fingerprint density at radius 1 is 1.03 bits per heavy atom. The maximum absolute atomic E-state index is 13.3. The van der Waals surface area contributed by atoms with Gasteiger partial charge >= 0.3 is 5.97 Å². The average molecular weight is 396 g/mol. The van der Waals surface area contributed by atoms with Gasteiger partial charge in [0.05, 0.1) is 12.5 Å².